The lowest BCUT2D eigenvalue weighted by Gasteiger charge is -2.15. The molecule has 3 nitrogen and oxygen atoms in total. The lowest BCUT2D eigenvalue weighted by atomic mass is 10.2. The van der Waals surface area contributed by atoms with E-state index in [9.17, 15) is 0 Å². The molecule has 1 aromatic rings. The number of hydrogen-bond donors (Lipinski definition) is 1. The molecule has 94 valence electrons. The van der Waals surface area contributed by atoms with Crippen molar-refractivity contribution in [1.29, 1.82) is 0 Å². The molecule has 1 saturated heterocycles. The van der Waals surface area contributed by atoms with Gasteiger partial charge < -0.3 is 9.73 Å². The van der Waals surface area contributed by atoms with Crippen molar-refractivity contribution in [2.75, 3.05) is 13.1 Å². The molecule has 1 atom stereocenters. The fraction of sp³-hybridized carbons (Fsp3) is 0.667. The first-order valence-corrected chi connectivity index (χ1v) is 7.72. The first kappa shape index (κ1) is 12.2. The van der Waals surface area contributed by atoms with Gasteiger partial charge in [0, 0.05) is 25.2 Å². The Labute approximate surface area is 118 Å². The molecule has 2 aliphatic rings. The van der Waals surface area contributed by atoms with Gasteiger partial charge >= 0.3 is 0 Å². The smallest absolute Gasteiger partial charge is 0.183 e. The zero-order valence-corrected chi connectivity index (χ0v) is 12.8. The second-order valence-electron chi connectivity index (χ2n) is 4.93. The third kappa shape index (κ3) is 2.95. The van der Waals surface area contributed by atoms with E-state index in [1.54, 1.807) is 0 Å². The summed E-state index contributed by atoms with van der Waals surface area (Å²) >= 11 is 6.79. The van der Waals surface area contributed by atoms with Crippen LogP contribution in [0.1, 0.15) is 25.0 Å². The van der Waals surface area contributed by atoms with Gasteiger partial charge in [-0.25, -0.2) is 0 Å². The molecular weight excluding hydrogens is 348 g/mol. The minimum atomic E-state index is 0.623. The van der Waals surface area contributed by atoms with Crippen molar-refractivity contribution in [1.82, 2.24) is 10.2 Å². The van der Waals surface area contributed by atoms with Gasteiger partial charge in [0.1, 0.15) is 5.76 Å². The van der Waals surface area contributed by atoms with Crippen LogP contribution in [-0.2, 0) is 6.54 Å². The summed E-state index contributed by atoms with van der Waals surface area (Å²) in [4.78, 5) is 2.62. The highest BCUT2D eigenvalue weighted by Gasteiger charge is 2.34. The SMILES string of the molecule is Brc1cc(CNC2CCN(C3CC3)C2)oc1Br. The van der Waals surface area contributed by atoms with Crippen molar-refractivity contribution in [3.05, 3.63) is 21.0 Å². The molecule has 5 heteroatoms. The van der Waals surface area contributed by atoms with Crippen molar-refractivity contribution in [2.24, 2.45) is 0 Å². The van der Waals surface area contributed by atoms with Crippen molar-refractivity contribution < 1.29 is 4.42 Å². The first-order chi connectivity index (χ1) is 8.22. The van der Waals surface area contributed by atoms with Gasteiger partial charge in [-0.15, -0.1) is 0 Å². The zero-order chi connectivity index (χ0) is 11.8. The van der Waals surface area contributed by atoms with Gasteiger partial charge in [0.05, 0.1) is 11.0 Å². The minimum absolute atomic E-state index is 0.623. The molecule has 1 aromatic heterocycles. The molecule has 2 fully saturated rings. The maximum atomic E-state index is 5.55. The third-order valence-corrected chi connectivity index (χ3v) is 5.25. The summed E-state index contributed by atoms with van der Waals surface area (Å²) in [7, 11) is 0. The summed E-state index contributed by atoms with van der Waals surface area (Å²) in [6.07, 6.45) is 4.08. The Morgan fingerprint density at radius 1 is 1.35 bits per heavy atom. The summed E-state index contributed by atoms with van der Waals surface area (Å²) in [6, 6.07) is 3.54. The molecule has 0 aromatic carbocycles. The van der Waals surface area contributed by atoms with Crippen LogP contribution < -0.4 is 5.32 Å². The highest BCUT2D eigenvalue weighted by molar-refractivity contribution is 9.13. The van der Waals surface area contributed by atoms with E-state index in [0.29, 0.717) is 6.04 Å². The molecule has 0 radical (unpaired) electrons. The van der Waals surface area contributed by atoms with Crippen molar-refractivity contribution in [3.63, 3.8) is 0 Å². The molecule has 1 unspecified atom stereocenters. The van der Waals surface area contributed by atoms with Crippen LogP contribution in [-0.4, -0.2) is 30.1 Å². The fourth-order valence-corrected chi connectivity index (χ4v) is 3.11. The zero-order valence-electron chi connectivity index (χ0n) is 9.59. The van der Waals surface area contributed by atoms with Crippen LogP contribution in [0.25, 0.3) is 0 Å². The molecule has 0 spiro atoms. The van der Waals surface area contributed by atoms with E-state index >= 15 is 0 Å². The Morgan fingerprint density at radius 2 is 2.18 bits per heavy atom. The monoisotopic (exact) mass is 362 g/mol. The van der Waals surface area contributed by atoms with E-state index in [0.717, 1.165) is 27.5 Å². The average Bonchev–Trinajstić information content (AvgIpc) is 2.96. The van der Waals surface area contributed by atoms with E-state index in [1.807, 2.05) is 6.07 Å². The predicted molar refractivity (Wildman–Crippen MR) is 73.9 cm³/mol. The van der Waals surface area contributed by atoms with Crippen LogP contribution in [0.3, 0.4) is 0 Å². The fourth-order valence-electron chi connectivity index (χ4n) is 2.45. The van der Waals surface area contributed by atoms with Crippen LogP contribution in [0.5, 0.6) is 0 Å². The molecule has 1 aliphatic heterocycles. The molecule has 3 rings (SSSR count). The lowest BCUT2D eigenvalue weighted by Crippen LogP contribution is -2.32. The van der Waals surface area contributed by atoms with Gasteiger partial charge in [-0.2, -0.15) is 0 Å². The molecule has 2 heterocycles. The summed E-state index contributed by atoms with van der Waals surface area (Å²) in [5.41, 5.74) is 0. The van der Waals surface area contributed by atoms with Crippen molar-refractivity contribution in [2.45, 2.75) is 37.9 Å². The predicted octanol–water partition coefficient (Wildman–Crippen LogP) is 3.13. The number of furan rings is 1. The third-order valence-electron chi connectivity index (χ3n) is 3.54. The normalized spacial score (nSPS) is 25.6. The molecular formula is C12H16Br2N2O. The van der Waals surface area contributed by atoms with Gasteiger partial charge in [0.2, 0.25) is 0 Å². The quantitative estimate of drug-likeness (QED) is 0.890. The van der Waals surface area contributed by atoms with E-state index in [1.165, 1.54) is 32.4 Å². The largest absolute Gasteiger partial charge is 0.452 e. The molecule has 1 aliphatic carbocycles. The molecule has 0 amide bonds. The van der Waals surface area contributed by atoms with Crippen molar-refractivity contribution in [3.8, 4) is 0 Å². The molecule has 1 saturated carbocycles. The van der Waals surface area contributed by atoms with Gasteiger partial charge in [-0.1, -0.05) is 0 Å². The standard InChI is InChI=1S/C12H16Br2N2O/c13-11-5-10(17-12(11)14)6-15-8-3-4-16(7-8)9-1-2-9/h5,8-9,15H,1-4,6-7H2. The number of halogens is 2. The Morgan fingerprint density at radius 3 is 2.82 bits per heavy atom. The van der Waals surface area contributed by atoms with Gasteiger partial charge in [0.25, 0.3) is 0 Å². The molecule has 17 heavy (non-hydrogen) atoms. The summed E-state index contributed by atoms with van der Waals surface area (Å²) in [5.74, 6) is 0.980. The topological polar surface area (TPSA) is 28.4 Å². The molecule has 0 bridgehead atoms. The maximum Gasteiger partial charge on any atom is 0.183 e. The Hall–Kier alpha value is 0.160. The Kier molecular flexibility index (Phi) is 3.62. The second-order valence-corrected chi connectivity index (χ2v) is 6.50. The van der Waals surface area contributed by atoms with Crippen LogP contribution >= 0.6 is 31.9 Å². The first-order valence-electron chi connectivity index (χ1n) is 6.13. The van der Waals surface area contributed by atoms with Crippen molar-refractivity contribution >= 4 is 31.9 Å². The van der Waals surface area contributed by atoms with Crippen LogP contribution in [0.4, 0.5) is 0 Å². The summed E-state index contributed by atoms with van der Waals surface area (Å²) < 4.78 is 7.32. The van der Waals surface area contributed by atoms with E-state index in [2.05, 4.69) is 42.1 Å². The van der Waals surface area contributed by atoms with E-state index in [4.69, 9.17) is 4.42 Å². The maximum absolute atomic E-state index is 5.55. The lowest BCUT2D eigenvalue weighted by molar-refractivity contribution is 0.315. The Bertz CT molecular complexity index is 384. The molecule has 1 N–H and O–H groups in total. The number of likely N-dealkylation sites (tertiary alicyclic amines) is 1. The second kappa shape index (κ2) is 5.03. The van der Waals surface area contributed by atoms with Gasteiger partial charge in [-0.3, -0.25) is 4.90 Å². The van der Waals surface area contributed by atoms with Crippen LogP contribution in [0.2, 0.25) is 0 Å². The van der Waals surface area contributed by atoms with Gasteiger partial charge in [0.15, 0.2) is 4.67 Å². The van der Waals surface area contributed by atoms with E-state index in [-0.39, 0.29) is 0 Å². The van der Waals surface area contributed by atoms with E-state index < -0.39 is 0 Å². The average molecular weight is 364 g/mol. The van der Waals surface area contributed by atoms with Gasteiger partial charge in [-0.05, 0) is 57.2 Å². The van der Waals surface area contributed by atoms with Crippen LogP contribution in [0, 0.1) is 0 Å². The highest BCUT2D eigenvalue weighted by Crippen LogP contribution is 2.30. The minimum Gasteiger partial charge on any atom is -0.452 e. The number of nitrogens with zero attached hydrogens (tertiary/aromatic N) is 1. The number of nitrogens with one attached hydrogen (secondary N) is 1. The number of hydrogen-bond acceptors (Lipinski definition) is 3. The summed E-state index contributed by atoms with van der Waals surface area (Å²) in [5, 5.41) is 3.57. The number of rotatable bonds is 4. The van der Waals surface area contributed by atoms with Crippen LogP contribution in [0.15, 0.2) is 19.6 Å². The highest BCUT2D eigenvalue weighted by atomic mass is 79.9. The summed E-state index contributed by atoms with van der Waals surface area (Å²) in [6.45, 7) is 3.27. The Balaban J connectivity index is 1.48.